The van der Waals surface area contributed by atoms with Crippen molar-refractivity contribution in [3.05, 3.63) is 40.4 Å². The van der Waals surface area contributed by atoms with Gasteiger partial charge in [0.15, 0.2) is 11.5 Å². The summed E-state index contributed by atoms with van der Waals surface area (Å²) in [6.07, 6.45) is 0.305. The number of carbonyl (C=O) groups excluding carboxylic acids is 1. The molecule has 1 unspecified atom stereocenters. The molecular weight excluding hydrogens is 383 g/mol. The average Bonchev–Trinajstić information content (AvgIpc) is 2.96. The van der Waals surface area contributed by atoms with Crippen LogP contribution in [0.15, 0.2) is 35.4 Å². The van der Waals surface area contributed by atoms with Crippen molar-refractivity contribution in [3.8, 4) is 11.4 Å². The van der Waals surface area contributed by atoms with E-state index in [1.54, 1.807) is 22.7 Å². The summed E-state index contributed by atoms with van der Waals surface area (Å²) in [5.74, 6) is 0.294. The van der Waals surface area contributed by atoms with Crippen molar-refractivity contribution in [2.75, 3.05) is 7.11 Å². The first kappa shape index (κ1) is 18.0. The first-order chi connectivity index (χ1) is 12.0. The molecule has 3 rings (SSSR count). The Balaban J connectivity index is 1.93. The van der Waals surface area contributed by atoms with E-state index in [1.807, 2.05) is 19.1 Å². The number of thioether (sulfide) groups is 1. The maximum atomic E-state index is 11.4. The molecule has 0 aliphatic heterocycles. The summed E-state index contributed by atoms with van der Waals surface area (Å²) in [4.78, 5) is 11.4. The van der Waals surface area contributed by atoms with Crippen LogP contribution in [0.2, 0.25) is 10.0 Å². The number of aromatic nitrogens is 4. The fraction of sp³-hybridized carbons (Fsp3) is 0.250. The van der Waals surface area contributed by atoms with Crippen molar-refractivity contribution in [2.24, 2.45) is 0 Å². The van der Waals surface area contributed by atoms with Crippen molar-refractivity contribution in [3.63, 3.8) is 0 Å². The van der Waals surface area contributed by atoms with E-state index in [4.69, 9.17) is 27.9 Å². The van der Waals surface area contributed by atoms with Gasteiger partial charge in [-0.05, 0) is 30.3 Å². The molecule has 25 heavy (non-hydrogen) atoms. The third kappa shape index (κ3) is 4.23. The fourth-order valence-corrected chi connectivity index (χ4v) is 3.70. The fourth-order valence-electron chi connectivity index (χ4n) is 2.26. The number of fused-ring (bicyclic) bond motifs is 1. The largest absolute Gasteiger partial charge is 0.469 e. The van der Waals surface area contributed by atoms with Gasteiger partial charge in [-0.15, -0.1) is 22.0 Å². The van der Waals surface area contributed by atoms with Gasteiger partial charge in [-0.2, -0.15) is 9.61 Å². The summed E-state index contributed by atoms with van der Waals surface area (Å²) in [5, 5.41) is 14.7. The molecule has 6 nitrogen and oxygen atoms in total. The Morgan fingerprint density at radius 1 is 1.24 bits per heavy atom. The SMILES string of the molecule is COC(=O)CC(C)Sc1ccc2nnc(-c3cc(Cl)cc(Cl)c3)n2n1. The molecule has 0 N–H and O–H groups in total. The molecule has 0 radical (unpaired) electrons. The quantitative estimate of drug-likeness (QED) is 0.476. The molecule has 2 heterocycles. The summed E-state index contributed by atoms with van der Waals surface area (Å²) in [6, 6.07) is 8.83. The van der Waals surface area contributed by atoms with Crippen LogP contribution in [0, 0.1) is 0 Å². The Hall–Kier alpha value is -1.83. The maximum absolute atomic E-state index is 11.4. The third-order valence-electron chi connectivity index (χ3n) is 3.36. The Labute approximate surface area is 158 Å². The van der Waals surface area contributed by atoms with E-state index in [0.717, 1.165) is 10.6 Å². The standard InChI is InChI=1S/C16H14Cl2N4O2S/c1-9(5-15(23)24-2)25-14-4-3-13-19-20-16(22(13)21-14)10-6-11(17)8-12(18)7-10/h3-4,6-9H,5H2,1-2H3. The molecule has 2 aromatic heterocycles. The topological polar surface area (TPSA) is 69.4 Å². The second-order valence-electron chi connectivity index (χ2n) is 5.33. The van der Waals surface area contributed by atoms with Gasteiger partial charge in [-0.1, -0.05) is 30.1 Å². The zero-order valence-corrected chi connectivity index (χ0v) is 15.8. The highest BCUT2D eigenvalue weighted by Gasteiger charge is 2.15. The molecular formula is C16H14Cl2N4O2S. The summed E-state index contributed by atoms with van der Waals surface area (Å²) < 4.78 is 6.33. The predicted octanol–water partition coefficient (Wildman–Crippen LogP) is 4.14. The van der Waals surface area contributed by atoms with Gasteiger partial charge in [0.05, 0.1) is 13.5 Å². The smallest absolute Gasteiger partial charge is 0.306 e. The Morgan fingerprint density at radius 3 is 2.64 bits per heavy atom. The molecule has 0 saturated carbocycles. The van der Waals surface area contributed by atoms with Gasteiger partial charge in [0.2, 0.25) is 0 Å². The normalized spacial score (nSPS) is 12.3. The van der Waals surface area contributed by atoms with Gasteiger partial charge >= 0.3 is 5.97 Å². The van der Waals surface area contributed by atoms with Crippen molar-refractivity contribution < 1.29 is 9.53 Å². The summed E-state index contributed by atoms with van der Waals surface area (Å²) >= 11 is 13.6. The van der Waals surface area contributed by atoms with Crippen LogP contribution in [0.3, 0.4) is 0 Å². The molecule has 3 aromatic rings. The molecule has 0 aliphatic rings. The van der Waals surface area contributed by atoms with E-state index in [2.05, 4.69) is 15.3 Å². The second-order valence-corrected chi connectivity index (χ2v) is 7.66. The van der Waals surface area contributed by atoms with Crippen molar-refractivity contribution >= 4 is 46.6 Å². The van der Waals surface area contributed by atoms with E-state index >= 15 is 0 Å². The molecule has 9 heteroatoms. The van der Waals surface area contributed by atoms with Gasteiger partial charge in [-0.25, -0.2) is 0 Å². The third-order valence-corrected chi connectivity index (χ3v) is 4.83. The Kier molecular flexibility index (Phi) is 5.46. The minimum atomic E-state index is -0.250. The number of esters is 1. The van der Waals surface area contributed by atoms with Crippen molar-refractivity contribution in [1.29, 1.82) is 0 Å². The van der Waals surface area contributed by atoms with Crippen LogP contribution in [0.1, 0.15) is 13.3 Å². The van der Waals surface area contributed by atoms with Crippen LogP contribution in [-0.4, -0.2) is 38.1 Å². The molecule has 0 spiro atoms. The molecule has 1 aromatic carbocycles. The Bertz CT molecular complexity index is 911. The Morgan fingerprint density at radius 2 is 1.96 bits per heavy atom. The summed E-state index contributed by atoms with van der Waals surface area (Å²) in [5.41, 5.74) is 1.33. The number of benzene rings is 1. The number of carbonyl (C=O) groups is 1. The van der Waals surface area contributed by atoms with Gasteiger partial charge < -0.3 is 4.74 Å². The van der Waals surface area contributed by atoms with E-state index < -0.39 is 0 Å². The van der Waals surface area contributed by atoms with Crippen LogP contribution >= 0.6 is 35.0 Å². The minimum absolute atomic E-state index is 0.0259. The van der Waals surface area contributed by atoms with Gasteiger partial charge in [0.1, 0.15) is 5.03 Å². The van der Waals surface area contributed by atoms with Crippen LogP contribution < -0.4 is 0 Å². The van der Waals surface area contributed by atoms with E-state index in [0.29, 0.717) is 27.9 Å². The van der Waals surface area contributed by atoms with Gasteiger partial charge in [0, 0.05) is 20.9 Å². The average molecular weight is 397 g/mol. The molecule has 0 fully saturated rings. The molecule has 0 bridgehead atoms. The number of hydrogen-bond donors (Lipinski definition) is 0. The molecule has 1 atom stereocenters. The van der Waals surface area contributed by atoms with Gasteiger partial charge in [0.25, 0.3) is 0 Å². The highest BCUT2D eigenvalue weighted by molar-refractivity contribution is 7.99. The number of hydrogen-bond acceptors (Lipinski definition) is 6. The summed E-state index contributed by atoms with van der Waals surface area (Å²) in [7, 11) is 1.38. The van der Waals surface area contributed by atoms with Crippen LogP contribution in [0.25, 0.3) is 17.0 Å². The van der Waals surface area contributed by atoms with Crippen molar-refractivity contribution in [2.45, 2.75) is 23.6 Å². The van der Waals surface area contributed by atoms with E-state index in [9.17, 15) is 4.79 Å². The van der Waals surface area contributed by atoms with Gasteiger partial charge in [-0.3, -0.25) is 4.79 Å². The number of rotatable bonds is 5. The maximum Gasteiger partial charge on any atom is 0.306 e. The lowest BCUT2D eigenvalue weighted by Crippen LogP contribution is -2.09. The highest BCUT2D eigenvalue weighted by Crippen LogP contribution is 2.28. The lowest BCUT2D eigenvalue weighted by atomic mass is 10.2. The molecule has 130 valence electrons. The van der Waals surface area contributed by atoms with E-state index in [-0.39, 0.29) is 11.2 Å². The second kappa shape index (κ2) is 7.59. The van der Waals surface area contributed by atoms with E-state index in [1.165, 1.54) is 18.9 Å². The van der Waals surface area contributed by atoms with Crippen molar-refractivity contribution in [1.82, 2.24) is 19.8 Å². The number of ether oxygens (including phenoxy) is 1. The first-order valence-corrected chi connectivity index (χ1v) is 9.02. The number of halogens is 2. The molecule has 0 amide bonds. The van der Waals surface area contributed by atoms with Crippen LogP contribution in [0.4, 0.5) is 0 Å². The first-order valence-electron chi connectivity index (χ1n) is 7.38. The molecule has 0 saturated heterocycles. The highest BCUT2D eigenvalue weighted by atomic mass is 35.5. The number of nitrogens with zero attached hydrogens (tertiary/aromatic N) is 4. The number of methoxy groups -OCH3 is 1. The zero-order valence-electron chi connectivity index (χ0n) is 13.4. The zero-order chi connectivity index (χ0) is 18.0. The lowest BCUT2D eigenvalue weighted by molar-refractivity contribution is -0.140. The summed E-state index contributed by atoms with van der Waals surface area (Å²) in [6.45, 7) is 1.94. The van der Waals surface area contributed by atoms with Crippen LogP contribution in [-0.2, 0) is 9.53 Å². The van der Waals surface area contributed by atoms with Crippen LogP contribution in [0.5, 0.6) is 0 Å². The predicted molar refractivity (Wildman–Crippen MR) is 98.2 cm³/mol. The molecule has 0 aliphatic carbocycles. The minimum Gasteiger partial charge on any atom is -0.469 e. The lowest BCUT2D eigenvalue weighted by Gasteiger charge is -2.09. The monoisotopic (exact) mass is 396 g/mol.